The molecule has 1 atom stereocenters. The quantitative estimate of drug-likeness (QED) is 0.647. The minimum absolute atomic E-state index is 0.666. The molecule has 1 fully saturated rings. The molecule has 3 nitrogen and oxygen atoms in total. The maximum atomic E-state index is 5.43. The van der Waals surface area contributed by atoms with E-state index in [2.05, 4.69) is 12.2 Å². The average Bonchev–Trinajstić information content (AvgIpc) is 2.35. The van der Waals surface area contributed by atoms with E-state index in [0.29, 0.717) is 6.04 Å². The maximum absolute atomic E-state index is 5.43. The lowest BCUT2D eigenvalue weighted by Crippen LogP contribution is -2.39. The van der Waals surface area contributed by atoms with Crippen LogP contribution in [0.2, 0.25) is 0 Å². The summed E-state index contributed by atoms with van der Waals surface area (Å²) < 4.78 is 10.6. The molecule has 96 valence electrons. The fourth-order valence-corrected chi connectivity index (χ4v) is 2.40. The van der Waals surface area contributed by atoms with Gasteiger partial charge in [0.1, 0.15) is 0 Å². The molecule has 0 spiro atoms. The van der Waals surface area contributed by atoms with Crippen LogP contribution in [0.1, 0.15) is 39.0 Å². The van der Waals surface area contributed by atoms with Crippen LogP contribution in [-0.4, -0.2) is 39.5 Å². The summed E-state index contributed by atoms with van der Waals surface area (Å²) in [5.74, 6) is 0.803. The normalized spacial score (nSPS) is 19.9. The van der Waals surface area contributed by atoms with E-state index in [1.54, 1.807) is 7.11 Å². The Morgan fingerprint density at radius 2 is 2.12 bits per heavy atom. The van der Waals surface area contributed by atoms with Gasteiger partial charge in [-0.3, -0.25) is 0 Å². The molecule has 0 aliphatic carbocycles. The molecule has 1 aliphatic heterocycles. The fraction of sp³-hybridized carbons (Fsp3) is 1.00. The zero-order valence-corrected chi connectivity index (χ0v) is 10.8. The Morgan fingerprint density at radius 1 is 1.38 bits per heavy atom. The van der Waals surface area contributed by atoms with Gasteiger partial charge in [-0.15, -0.1) is 0 Å². The molecule has 0 amide bonds. The molecule has 1 N–H and O–H groups in total. The summed E-state index contributed by atoms with van der Waals surface area (Å²) in [6.45, 7) is 6.13. The van der Waals surface area contributed by atoms with E-state index in [4.69, 9.17) is 9.47 Å². The largest absolute Gasteiger partial charge is 0.385 e. The van der Waals surface area contributed by atoms with Crippen molar-refractivity contribution in [3.63, 3.8) is 0 Å². The van der Waals surface area contributed by atoms with Crippen molar-refractivity contribution in [3.05, 3.63) is 0 Å². The second-order valence-electron chi connectivity index (χ2n) is 4.65. The van der Waals surface area contributed by atoms with Gasteiger partial charge in [-0.2, -0.15) is 0 Å². The van der Waals surface area contributed by atoms with Gasteiger partial charge in [-0.1, -0.05) is 6.92 Å². The first-order valence-electron chi connectivity index (χ1n) is 6.68. The SMILES string of the molecule is CCCNC(CCCOC)C1CCOCC1. The van der Waals surface area contributed by atoms with Crippen molar-refractivity contribution in [2.75, 3.05) is 33.5 Å². The van der Waals surface area contributed by atoms with Crippen LogP contribution in [-0.2, 0) is 9.47 Å². The highest BCUT2D eigenvalue weighted by atomic mass is 16.5. The Bertz CT molecular complexity index is 158. The number of hydrogen-bond donors (Lipinski definition) is 1. The van der Waals surface area contributed by atoms with E-state index >= 15 is 0 Å². The molecule has 0 aromatic carbocycles. The van der Waals surface area contributed by atoms with E-state index in [1.165, 1.54) is 25.7 Å². The van der Waals surface area contributed by atoms with Crippen LogP contribution < -0.4 is 5.32 Å². The Morgan fingerprint density at radius 3 is 2.75 bits per heavy atom. The highest BCUT2D eigenvalue weighted by Gasteiger charge is 2.22. The summed E-state index contributed by atoms with van der Waals surface area (Å²) in [7, 11) is 1.78. The number of nitrogens with one attached hydrogen (secondary N) is 1. The van der Waals surface area contributed by atoms with Crippen LogP contribution in [0.25, 0.3) is 0 Å². The molecule has 1 saturated heterocycles. The van der Waals surface area contributed by atoms with Crippen molar-refractivity contribution in [2.45, 2.75) is 45.1 Å². The molecule has 0 aromatic rings. The molecule has 1 aliphatic rings. The summed E-state index contributed by atoms with van der Waals surface area (Å²) in [5, 5.41) is 3.69. The zero-order valence-electron chi connectivity index (χ0n) is 10.8. The Kier molecular flexibility index (Phi) is 7.81. The molecule has 0 aromatic heterocycles. The Balaban J connectivity index is 2.28. The van der Waals surface area contributed by atoms with Crippen LogP contribution in [0.3, 0.4) is 0 Å². The van der Waals surface area contributed by atoms with E-state index in [9.17, 15) is 0 Å². The van der Waals surface area contributed by atoms with Crippen LogP contribution in [0, 0.1) is 5.92 Å². The lowest BCUT2D eigenvalue weighted by molar-refractivity contribution is 0.0511. The Labute approximate surface area is 99.9 Å². The molecule has 3 heteroatoms. The van der Waals surface area contributed by atoms with Gasteiger partial charge in [-0.05, 0) is 44.6 Å². The van der Waals surface area contributed by atoms with Crippen molar-refractivity contribution in [2.24, 2.45) is 5.92 Å². The molecular weight excluding hydrogens is 202 g/mol. The molecule has 0 radical (unpaired) electrons. The summed E-state index contributed by atoms with van der Waals surface area (Å²) >= 11 is 0. The third-order valence-electron chi connectivity index (χ3n) is 3.36. The monoisotopic (exact) mass is 229 g/mol. The van der Waals surface area contributed by atoms with Gasteiger partial charge in [0.25, 0.3) is 0 Å². The number of hydrogen-bond acceptors (Lipinski definition) is 3. The van der Waals surface area contributed by atoms with Gasteiger partial charge in [0, 0.05) is 33.0 Å². The predicted octanol–water partition coefficient (Wildman–Crippen LogP) is 2.21. The third kappa shape index (κ3) is 5.28. The molecular formula is C13H27NO2. The van der Waals surface area contributed by atoms with Gasteiger partial charge in [0.2, 0.25) is 0 Å². The van der Waals surface area contributed by atoms with Crippen LogP contribution in [0.15, 0.2) is 0 Å². The van der Waals surface area contributed by atoms with Crippen molar-refractivity contribution >= 4 is 0 Å². The van der Waals surface area contributed by atoms with Gasteiger partial charge in [-0.25, -0.2) is 0 Å². The standard InChI is InChI=1S/C13H27NO2/c1-3-8-14-13(5-4-9-15-2)12-6-10-16-11-7-12/h12-14H,3-11H2,1-2H3. The highest BCUT2D eigenvalue weighted by Crippen LogP contribution is 2.21. The summed E-state index contributed by atoms with van der Waals surface area (Å²) in [5.41, 5.74) is 0. The molecule has 0 saturated carbocycles. The molecule has 0 bridgehead atoms. The smallest absolute Gasteiger partial charge is 0.0469 e. The second-order valence-corrected chi connectivity index (χ2v) is 4.65. The van der Waals surface area contributed by atoms with Crippen LogP contribution >= 0.6 is 0 Å². The molecule has 1 heterocycles. The molecule has 1 unspecified atom stereocenters. The highest BCUT2D eigenvalue weighted by molar-refractivity contribution is 4.78. The second kappa shape index (κ2) is 8.97. The van der Waals surface area contributed by atoms with Crippen LogP contribution in [0.4, 0.5) is 0 Å². The van der Waals surface area contributed by atoms with Crippen molar-refractivity contribution < 1.29 is 9.47 Å². The zero-order chi connectivity index (χ0) is 11.6. The minimum Gasteiger partial charge on any atom is -0.385 e. The van der Waals surface area contributed by atoms with E-state index in [1.807, 2.05) is 0 Å². The number of ether oxygens (including phenoxy) is 2. The number of methoxy groups -OCH3 is 1. The first-order valence-corrected chi connectivity index (χ1v) is 6.68. The molecule has 1 rings (SSSR count). The fourth-order valence-electron chi connectivity index (χ4n) is 2.40. The predicted molar refractivity (Wildman–Crippen MR) is 66.7 cm³/mol. The van der Waals surface area contributed by atoms with Crippen molar-refractivity contribution in [3.8, 4) is 0 Å². The van der Waals surface area contributed by atoms with E-state index in [0.717, 1.165) is 38.7 Å². The minimum atomic E-state index is 0.666. The lowest BCUT2D eigenvalue weighted by atomic mass is 9.89. The summed E-state index contributed by atoms with van der Waals surface area (Å²) in [4.78, 5) is 0. The van der Waals surface area contributed by atoms with Crippen molar-refractivity contribution in [1.82, 2.24) is 5.32 Å². The van der Waals surface area contributed by atoms with E-state index < -0.39 is 0 Å². The Hall–Kier alpha value is -0.120. The average molecular weight is 229 g/mol. The summed E-state index contributed by atoms with van der Waals surface area (Å²) in [6.07, 6.45) is 6.04. The third-order valence-corrected chi connectivity index (χ3v) is 3.36. The van der Waals surface area contributed by atoms with Gasteiger partial charge >= 0.3 is 0 Å². The van der Waals surface area contributed by atoms with Gasteiger partial charge < -0.3 is 14.8 Å². The maximum Gasteiger partial charge on any atom is 0.0469 e. The van der Waals surface area contributed by atoms with E-state index in [-0.39, 0.29) is 0 Å². The topological polar surface area (TPSA) is 30.5 Å². The summed E-state index contributed by atoms with van der Waals surface area (Å²) in [6, 6.07) is 0.666. The first-order chi connectivity index (χ1) is 7.88. The molecule has 16 heavy (non-hydrogen) atoms. The first kappa shape index (κ1) is 13.9. The number of rotatable bonds is 8. The van der Waals surface area contributed by atoms with Crippen LogP contribution in [0.5, 0.6) is 0 Å². The van der Waals surface area contributed by atoms with Crippen molar-refractivity contribution in [1.29, 1.82) is 0 Å². The van der Waals surface area contributed by atoms with Gasteiger partial charge in [0.05, 0.1) is 0 Å². The van der Waals surface area contributed by atoms with Gasteiger partial charge in [0.15, 0.2) is 0 Å². The lowest BCUT2D eigenvalue weighted by Gasteiger charge is -2.31.